The lowest BCUT2D eigenvalue weighted by Gasteiger charge is -2.56. The Kier molecular flexibility index (Phi) is 14.0. The molecule has 3 saturated heterocycles. The first-order valence-corrected chi connectivity index (χ1v) is 18.6. The highest BCUT2D eigenvalue weighted by Crippen LogP contribution is 2.43. The number of aliphatic hydroxyl groups is 1. The Morgan fingerprint density at radius 1 is 0.510 bits per heavy atom. The molecule has 4 rings (SSSR count). The predicted molar refractivity (Wildman–Crippen MR) is 212 cm³/mol. The zero-order chi connectivity index (χ0) is 39.7. The fourth-order valence-electron chi connectivity index (χ4n) is 9.53. The van der Waals surface area contributed by atoms with Crippen LogP contribution in [0.15, 0.2) is 26.3 Å². The van der Waals surface area contributed by atoms with Gasteiger partial charge in [0.25, 0.3) is 0 Å². The van der Waals surface area contributed by atoms with Gasteiger partial charge in [0.05, 0.1) is 6.61 Å². The van der Waals surface area contributed by atoms with Crippen molar-refractivity contribution in [2.24, 2.45) is 0 Å². The normalized spacial score (nSPS) is 24.7. The molecular formula is C39H75N9O3. The van der Waals surface area contributed by atoms with Crippen molar-refractivity contribution in [3.63, 3.8) is 0 Å². The Bertz CT molecular complexity index is 1180. The highest BCUT2D eigenvalue weighted by Gasteiger charge is 2.49. The summed E-state index contributed by atoms with van der Waals surface area (Å²) in [4.78, 5) is 24.5. The first-order chi connectivity index (χ1) is 23.3. The van der Waals surface area contributed by atoms with Gasteiger partial charge in [-0.3, -0.25) is 4.90 Å². The van der Waals surface area contributed by atoms with Crippen LogP contribution < -0.4 is 14.7 Å². The Balaban J connectivity index is 0.00000217. The molecule has 3 aliphatic rings. The number of aliphatic hydroxyl groups excluding tert-OH is 1. The topological polar surface area (TPSA) is 119 Å². The molecule has 0 saturated carbocycles. The summed E-state index contributed by atoms with van der Waals surface area (Å²) < 4.78 is 0. The second kappa shape index (κ2) is 15.9. The molecule has 1 aromatic heterocycles. The van der Waals surface area contributed by atoms with Gasteiger partial charge >= 0.3 is 0 Å². The molecule has 1 aromatic rings. The van der Waals surface area contributed by atoms with Crippen molar-refractivity contribution in [3.05, 3.63) is 26.3 Å². The molecule has 0 aliphatic carbocycles. The maximum absolute atomic E-state index is 11.0. The molecule has 0 radical (unpaired) electrons. The van der Waals surface area contributed by atoms with Crippen LogP contribution in [0.2, 0.25) is 0 Å². The number of anilines is 3. The van der Waals surface area contributed by atoms with E-state index in [-0.39, 0.29) is 35.8 Å². The van der Waals surface area contributed by atoms with Crippen LogP contribution in [-0.4, -0.2) is 131 Å². The lowest BCUT2D eigenvalue weighted by atomic mass is 9.76. The summed E-state index contributed by atoms with van der Waals surface area (Å²) in [5.74, 6) is 1.90. The Morgan fingerprint density at radius 2 is 0.725 bits per heavy atom. The smallest absolute Gasteiger partial charge is 0.231 e. The summed E-state index contributed by atoms with van der Waals surface area (Å²) in [5, 5.41) is 34.9. The van der Waals surface area contributed by atoms with Crippen molar-refractivity contribution in [1.29, 1.82) is 0 Å². The van der Waals surface area contributed by atoms with Crippen LogP contribution in [0, 0.1) is 0 Å². The van der Waals surface area contributed by atoms with Gasteiger partial charge in [-0.15, -0.1) is 26.3 Å². The van der Waals surface area contributed by atoms with Crippen LogP contribution >= 0.6 is 0 Å². The maximum atomic E-state index is 11.0. The highest BCUT2D eigenvalue weighted by molar-refractivity contribution is 5.48. The van der Waals surface area contributed by atoms with E-state index in [0.717, 1.165) is 38.5 Å². The first-order valence-electron chi connectivity index (χ1n) is 18.6. The molecule has 3 aliphatic heterocycles. The highest BCUT2D eigenvalue weighted by atomic mass is 16.5. The summed E-state index contributed by atoms with van der Waals surface area (Å²) in [5.41, 5.74) is -1.91. The van der Waals surface area contributed by atoms with Gasteiger partial charge in [-0.25, -0.2) is 0 Å². The van der Waals surface area contributed by atoms with Gasteiger partial charge in [0.2, 0.25) is 17.8 Å². The number of rotatable bonds is 8. The molecular weight excluding hydrogens is 642 g/mol. The number of likely N-dealkylation sites (tertiary alicyclic amines) is 1. The molecule has 0 aromatic carbocycles. The van der Waals surface area contributed by atoms with Crippen molar-refractivity contribution >= 4 is 17.8 Å². The SMILES string of the molecule is C=C.C=C.CN(c1nc(N(C)C2CC(C)(C)N(O)C(C)(C)C2)nc(N(C)C2CC(C)(C)N(CCO)C(C)(C)C2)n1)C1CC(C)(C)N(O)C(C)(C)C1. The van der Waals surface area contributed by atoms with Gasteiger partial charge in [-0.05, 0) is 122 Å². The summed E-state index contributed by atoms with van der Waals surface area (Å²) in [6, 6.07) is 0.397. The number of hydrogen-bond donors (Lipinski definition) is 3. The molecule has 0 amide bonds. The van der Waals surface area contributed by atoms with Crippen LogP contribution in [-0.2, 0) is 0 Å². The molecule has 294 valence electrons. The van der Waals surface area contributed by atoms with Crippen LogP contribution in [0.3, 0.4) is 0 Å². The third-order valence-electron chi connectivity index (χ3n) is 11.7. The van der Waals surface area contributed by atoms with E-state index in [2.05, 4.69) is 150 Å². The minimum atomic E-state index is -0.415. The number of nitrogens with zero attached hydrogens (tertiary/aromatic N) is 9. The second-order valence-electron chi connectivity index (χ2n) is 18.6. The van der Waals surface area contributed by atoms with E-state index in [1.165, 1.54) is 10.1 Å². The molecule has 3 fully saturated rings. The molecule has 12 heteroatoms. The molecule has 0 spiro atoms. The van der Waals surface area contributed by atoms with E-state index >= 15 is 0 Å². The molecule has 51 heavy (non-hydrogen) atoms. The third kappa shape index (κ3) is 9.42. The first kappa shape index (κ1) is 44.8. The van der Waals surface area contributed by atoms with Crippen LogP contribution in [0.1, 0.15) is 122 Å². The van der Waals surface area contributed by atoms with E-state index < -0.39 is 22.2 Å². The van der Waals surface area contributed by atoms with Gasteiger partial charge in [0.1, 0.15) is 0 Å². The quantitative estimate of drug-likeness (QED) is 0.251. The van der Waals surface area contributed by atoms with E-state index in [0.29, 0.717) is 24.4 Å². The van der Waals surface area contributed by atoms with Gasteiger partial charge in [-0.1, -0.05) is 0 Å². The predicted octanol–water partition coefficient (Wildman–Crippen LogP) is 6.62. The number of piperidine rings is 3. The maximum Gasteiger partial charge on any atom is 0.231 e. The lowest BCUT2D eigenvalue weighted by Crippen LogP contribution is -2.64. The fourth-order valence-corrected chi connectivity index (χ4v) is 9.53. The third-order valence-corrected chi connectivity index (χ3v) is 11.7. The van der Waals surface area contributed by atoms with Crippen molar-refractivity contribution in [1.82, 2.24) is 30.0 Å². The zero-order valence-corrected chi connectivity index (χ0v) is 35.1. The number of hydroxylamine groups is 4. The van der Waals surface area contributed by atoms with Crippen LogP contribution in [0.5, 0.6) is 0 Å². The van der Waals surface area contributed by atoms with E-state index in [1.54, 1.807) is 0 Å². The van der Waals surface area contributed by atoms with Crippen LogP contribution in [0.25, 0.3) is 0 Å². The van der Waals surface area contributed by atoms with Gasteiger partial charge in [0, 0.05) is 79.0 Å². The standard InChI is InChI=1S/C35H67N9O3.2C2H4/c1-30(2)18-24(19-31(3,4)42(30)16-17-45)39(13)27-36-28(40(14)25-20-32(5,6)43(46)33(7,8)21-25)38-29(37-27)41(15)26-22-34(9,10)44(47)35(11,12)23-26;2*1-2/h24-26,45-47H,16-23H2,1-15H3;2*1-2H2. The minimum Gasteiger partial charge on any atom is -0.395 e. The van der Waals surface area contributed by atoms with E-state index in [9.17, 15) is 15.5 Å². The average molecular weight is 718 g/mol. The van der Waals surface area contributed by atoms with Crippen molar-refractivity contribution in [2.75, 3.05) is 49.0 Å². The number of hydrogen-bond acceptors (Lipinski definition) is 12. The minimum absolute atomic E-state index is 0.109. The number of β-amino-alcohol motifs (C(OH)–C–C–N with tert-alkyl or cyclic N) is 1. The van der Waals surface area contributed by atoms with Crippen molar-refractivity contribution < 1.29 is 15.5 Å². The average Bonchev–Trinajstić information content (AvgIpc) is 3.03. The van der Waals surface area contributed by atoms with Crippen LogP contribution in [0.4, 0.5) is 17.8 Å². The van der Waals surface area contributed by atoms with Crippen molar-refractivity contribution in [3.8, 4) is 0 Å². The molecule has 0 atom stereocenters. The van der Waals surface area contributed by atoms with Gasteiger partial charge in [0.15, 0.2) is 0 Å². The van der Waals surface area contributed by atoms with Gasteiger partial charge in [-0.2, -0.15) is 25.1 Å². The van der Waals surface area contributed by atoms with E-state index in [4.69, 9.17) is 15.0 Å². The molecule has 0 unspecified atom stereocenters. The fraction of sp³-hybridized carbons (Fsp3) is 0.821. The van der Waals surface area contributed by atoms with Gasteiger partial charge < -0.3 is 30.2 Å². The Morgan fingerprint density at radius 3 is 0.941 bits per heavy atom. The van der Waals surface area contributed by atoms with Crippen molar-refractivity contribution in [2.45, 2.75) is 173 Å². The van der Waals surface area contributed by atoms with E-state index in [1.807, 2.05) is 0 Å². The zero-order valence-electron chi connectivity index (χ0n) is 35.1. The molecule has 3 N–H and O–H groups in total. The summed E-state index contributed by atoms with van der Waals surface area (Å²) in [7, 11) is 6.25. The molecule has 12 nitrogen and oxygen atoms in total. The second-order valence-corrected chi connectivity index (χ2v) is 18.6. The molecule has 0 bridgehead atoms. The summed E-state index contributed by atoms with van der Waals surface area (Å²) in [6.07, 6.45) is 4.85. The largest absolute Gasteiger partial charge is 0.395 e. The lowest BCUT2D eigenvalue weighted by molar-refractivity contribution is -0.244. The molecule has 4 heterocycles. The Labute approximate surface area is 311 Å². The number of aromatic nitrogens is 3. The summed E-state index contributed by atoms with van der Waals surface area (Å²) in [6.45, 7) is 38.6. The monoisotopic (exact) mass is 718 g/mol. The Hall–Kier alpha value is -2.35. The summed E-state index contributed by atoms with van der Waals surface area (Å²) >= 11 is 0.